The van der Waals surface area contributed by atoms with Crippen molar-refractivity contribution in [1.29, 1.82) is 0 Å². The van der Waals surface area contributed by atoms with Gasteiger partial charge in [0.15, 0.2) is 0 Å². The maximum atomic E-state index is 9.91. The molecule has 11 heavy (non-hydrogen) atoms. The summed E-state index contributed by atoms with van der Waals surface area (Å²) in [4.78, 5) is 0. The second kappa shape index (κ2) is 3.55. The van der Waals surface area contributed by atoms with Gasteiger partial charge < -0.3 is 10.8 Å². The van der Waals surface area contributed by atoms with E-state index in [1.54, 1.807) is 0 Å². The zero-order valence-corrected chi connectivity index (χ0v) is 7.34. The minimum atomic E-state index is -0.546. The van der Waals surface area contributed by atoms with Gasteiger partial charge in [0.05, 0.1) is 5.60 Å². The van der Waals surface area contributed by atoms with Crippen molar-refractivity contribution in [2.45, 2.75) is 44.6 Å². The SMILES string of the molecule is CCCC(O)(CN)CC1CC1. The minimum Gasteiger partial charge on any atom is -0.389 e. The van der Waals surface area contributed by atoms with Crippen molar-refractivity contribution in [3.63, 3.8) is 0 Å². The second-order valence-electron chi connectivity index (χ2n) is 3.83. The molecule has 2 heteroatoms. The summed E-state index contributed by atoms with van der Waals surface area (Å²) >= 11 is 0. The van der Waals surface area contributed by atoms with E-state index in [9.17, 15) is 5.11 Å². The summed E-state index contributed by atoms with van der Waals surface area (Å²) in [5, 5.41) is 9.91. The monoisotopic (exact) mass is 157 g/mol. The van der Waals surface area contributed by atoms with Crippen LogP contribution < -0.4 is 5.73 Å². The summed E-state index contributed by atoms with van der Waals surface area (Å²) in [7, 11) is 0. The summed E-state index contributed by atoms with van der Waals surface area (Å²) in [6.45, 7) is 2.52. The van der Waals surface area contributed by atoms with Gasteiger partial charge in [0.1, 0.15) is 0 Å². The molecule has 0 radical (unpaired) electrons. The van der Waals surface area contributed by atoms with Crippen LogP contribution in [0.25, 0.3) is 0 Å². The molecule has 0 aromatic carbocycles. The average molecular weight is 157 g/mol. The van der Waals surface area contributed by atoms with Crippen molar-refractivity contribution >= 4 is 0 Å². The number of rotatable bonds is 5. The van der Waals surface area contributed by atoms with Crippen LogP contribution in [0.3, 0.4) is 0 Å². The minimum absolute atomic E-state index is 0.428. The van der Waals surface area contributed by atoms with Crippen molar-refractivity contribution in [1.82, 2.24) is 0 Å². The molecule has 0 amide bonds. The molecule has 1 saturated carbocycles. The molecule has 1 unspecified atom stereocenters. The predicted octanol–water partition coefficient (Wildman–Crippen LogP) is 1.28. The van der Waals surface area contributed by atoms with E-state index in [1.807, 2.05) is 0 Å². The van der Waals surface area contributed by atoms with E-state index >= 15 is 0 Å². The van der Waals surface area contributed by atoms with Gasteiger partial charge in [0.25, 0.3) is 0 Å². The standard InChI is InChI=1S/C9H19NO/c1-2-5-9(11,7-10)6-8-3-4-8/h8,11H,2-7,10H2,1H3. The second-order valence-corrected chi connectivity index (χ2v) is 3.83. The first-order chi connectivity index (χ1) is 5.20. The van der Waals surface area contributed by atoms with Gasteiger partial charge >= 0.3 is 0 Å². The fourth-order valence-corrected chi connectivity index (χ4v) is 1.61. The summed E-state index contributed by atoms with van der Waals surface area (Å²) in [6, 6.07) is 0. The van der Waals surface area contributed by atoms with E-state index in [0.29, 0.717) is 6.54 Å². The largest absolute Gasteiger partial charge is 0.389 e. The molecule has 0 saturated heterocycles. The van der Waals surface area contributed by atoms with Gasteiger partial charge in [-0.15, -0.1) is 0 Å². The predicted molar refractivity (Wildman–Crippen MR) is 46.3 cm³/mol. The smallest absolute Gasteiger partial charge is 0.0772 e. The molecular formula is C9H19NO. The molecule has 66 valence electrons. The van der Waals surface area contributed by atoms with Gasteiger partial charge in [-0.3, -0.25) is 0 Å². The van der Waals surface area contributed by atoms with Crippen molar-refractivity contribution in [2.75, 3.05) is 6.54 Å². The van der Waals surface area contributed by atoms with E-state index in [1.165, 1.54) is 12.8 Å². The van der Waals surface area contributed by atoms with Crippen LogP contribution in [0.5, 0.6) is 0 Å². The molecule has 1 aliphatic rings. The lowest BCUT2D eigenvalue weighted by Gasteiger charge is -2.25. The van der Waals surface area contributed by atoms with E-state index in [4.69, 9.17) is 5.73 Å². The first kappa shape index (κ1) is 9.01. The van der Waals surface area contributed by atoms with Crippen LogP contribution in [0.2, 0.25) is 0 Å². The Labute approximate surface area is 68.8 Å². The highest BCUT2D eigenvalue weighted by Crippen LogP contribution is 2.37. The molecule has 0 aromatic rings. The van der Waals surface area contributed by atoms with Crippen LogP contribution in [0.4, 0.5) is 0 Å². The molecule has 1 aliphatic carbocycles. The van der Waals surface area contributed by atoms with Gasteiger partial charge in [-0.05, 0) is 18.8 Å². The number of hydrogen-bond acceptors (Lipinski definition) is 2. The van der Waals surface area contributed by atoms with Crippen molar-refractivity contribution in [3.05, 3.63) is 0 Å². The molecule has 1 rings (SSSR count). The fraction of sp³-hybridized carbons (Fsp3) is 1.00. The maximum Gasteiger partial charge on any atom is 0.0772 e. The van der Waals surface area contributed by atoms with Crippen molar-refractivity contribution in [2.24, 2.45) is 11.7 Å². The first-order valence-electron chi connectivity index (χ1n) is 4.62. The van der Waals surface area contributed by atoms with Crippen molar-refractivity contribution < 1.29 is 5.11 Å². The maximum absolute atomic E-state index is 9.91. The third kappa shape index (κ3) is 2.80. The van der Waals surface area contributed by atoms with Crippen LogP contribution in [-0.2, 0) is 0 Å². The Kier molecular flexibility index (Phi) is 2.90. The van der Waals surface area contributed by atoms with E-state index < -0.39 is 5.60 Å². The molecular weight excluding hydrogens is 138 g/mol. The highest BCUT2D eigenvalue weighted by atomic mass is 16.3. The van der Waals surface area contributed by atoms with Crippen LogP contribution >= 0.6 is 0 Å². The molecule has 0 aromatic heterocycles. The Morgan fingerprint density at radius 2 is 2.18 bits per heavy atom. The molecule has 2 nitrogen and oxygen atoms in total. The molecule has 0 aliphatic heterocycles. The normalized spacial score (nSPS) is 23.2. The van der Waals surface area contributed by atoms with Crippen LogP contribution in [0, 0.1) is 5.92 Å². The highest BCUT2D eigenvalue weighted by Gasteiger charge is 2.33. The summed E-state index contributed by atoms with van der Waals surface area (Å²) in [6.07, 6.45) is 5.41. The fourth-order valence-electron chi connectivity index (χ4n) is 1.61. The molecule has 0 bridgehead atoms. The average Bonchev–Trinajstić information content (AvgIpc) is 2.73. The Balaban J connectivity index is 2.29. The topological polar surface area (TPSA) is 46.2 Å². The Hall–Kier alpha value is -0.0800. The van der Waals surface area contributed by atoms with Gasteiger partial charge in [-0.2, -0.15) is 0 Å². The van der Waals surface area contributed by atoms with E-state index in [2.05, 4.69) is 6.92 Å². The highest BCUT2D eigenvalue weighted by molar-refractivity contribution is 4.87. The lowest BCUT2D eigenvalue weighted by Crippen LogP contribution is -2.38. The first-order valence-corrected chi connectivity index (χ1v) is 4.62. The zero-order chi connectivity index (χ0) is 8.32. The Morgan fingerprint density at radius 1 is 1.55 bits per heavy atom. The molecule has 0 spiro atoms. The molecule has 1 fully saturated rings. The third-order valence-electron chi connectivity index (χ3n) is 2.46. The quantitative estimate of drug-likeness (QED) is 0.631. The van der Waals surface area contributed by atoms with Gasteiger partial charge in [-0.1, -0.05) is 26.2 Å². The Morgan fingerprint density at radius 3 is 2.55 bits per heavy atom. The Bertz CT molecular complexity index is 123. The summed E-state index contributed by atoms with van der Waals surface area (Å²) in [5.41, 5.74) is 4.97. The third-order valence-corrected chi connectivity index (χ3v) is 2.46. The zero-order valence-electron chi connectivity index (χ0n) is 7.34. The molecule has 1 atom stereocenters. The van der Waals surface area contributed by atoms with Gasteiger partial charge in [0.2, 0.25) is 0 Å². The molecule has 0 heterocycles. The number of nitrogens with two attached hydrogens (primary N) is 1. The summed E-state index contributed by atoms with van der Waals surface area (Å²) in [5.74, 6) is 0.773. The van der Waals surface area contributed by atoms with Crippen LogP contribution in [0.15, 0.2) is 0 Å². The lowest BCUT2D eigenvalue weighted by molar-refractivity contribution is 0.0254. The van der Waals surface area contributed by atoms with Crippen molar-refractivity contribution in [3.8, 4) is 0 Å². The van der Waals surface area contributed by atoms with Gasteiger partial charge in [0, 0.05) is 6.54 Å². The lowest BCUT2D eigenvalue weighted by atomic mass is 9.92. The van der Waals surface area contributed by atoms with E-state index in [0.717, 1.165) is 25.2 Å². The van der Waals surface area contributed by atoms with E-state index in [-0.39, 0.29) is 0 Å². The van der Waals surface area contributed by atoms with Crippen LogP contribution in [0.1, 0.15) is 39.0 Å². The number of hydrogen-bond donors (Lipinski definition) is 2. The van der Waals surface area contributed by atoms with Crippen LogP contribution in [-0.4, -0.2) is 17.3 Å². The molecule has 3 N–H and O–H groups in total. The number of aliphatic hydroxyl groups is 1. The summed E-state index contributed by atoms with van der Waals surface area (Å²) < 4.78 is 0. The van der Waals surface area contributed by atoms with Gasteiger partial charge in [-0.25, -0.2) is 0 Å².